The van der Waals surface area contributed by atoms with Crippen LogP contribution < -0.4 is 21.9 Å². The van der Waals surface area contributed by atoms with Crippen molar-refractivity contribution in [3.8, 4) is 0 Å². The Morgan fingerprint density at radius 3 is 0.676 bits per heavy atom. The third kappa shape index (κ3) is 5.94. The lowest BCUT2D eigenvalue weighted by atomic mass is 9.13. The van der Waals surface area contributed by atoms with Gasteiger partial charge in [-0.05, 0) is 48.5 Å². The Labute approximate surface area is 198 Å². The molecule has 34 heavy (non-hydrogen) atoms. The van der Waals surface area contributed by atoms with E-state index >= 15 is 0 Å². The second-order valence-corrected chi connectivity index (χ2v) is 9.76. The zero-order valence-corrected chi connectivity index (χ0v) is 19.8. The SMILES string of the molecule is C[N+](C)(C)C.Fc1ccc([B-](c2ccc(F)cc2)(c2ccc(F)cc2)c2ccc(F)cc2)cc1. The molecule has 0 radical (unpaired) electrons. The fourth-order valence-electron chi connectivity index (χ4n) is 4.16. The van der Waals surface area contributed by atoms with Crippen molar-refractivity contribution in [3.05, 3.63) is 120 Å². The molecule has 0 unspecified atom stereocenters. The minimum Gasteiger partial charge on any atom is -0.333 e. The van der Waals surface area contributed by atoms with E-state index in [9.17, 15) is 17.6 Å². The fourth-order valence-corrected chi connectivity index (χ4v) is 4.16. The molecule has 0 saturated carbocycles. The molecule has 4 aromatic carbocycles. The summed E-state index contributed by atoms with van der Waals surface area (Å²) < 4.78 is 55.8. The molecule has 0 heterocycles. The van der Waals surface area contributed by atoms with E-state index in [1.807, 2.05) is 0 Å². The van der Waals surface area contributed by atoms with Gasteiger partial charge in [0, 0.05) is 0 Å². The van der Waals surface area contributed by atoms with Gasteiger partial charge in [-0.2, -0.15) is 21.9 Å². The average Bonchev–Trinajstić information content (AvgIpc) is 2.77. The van der Waals surface area contributed by atoms with Gasteiger partial charge in [0.05, 0.1) is 28.2 Å². The molecule has 0 aliphatic heterocycles. The molecule has 0 N–H and O–H groups in total. The van der Waals surface area contributed by atoms with Gasteiger partial charge in [0.25, 0.3) is 0 Å². The van der Waals surface area contributed by atoms with Crippen molar-refractivity contribution in [1.29, 1.82) is 0 Å². The second kappa shape index (κ2) is 10.3. The number of halogens is 4. The Morgan fingerprint density at radius 2 is 0.529 bits per heavy atom. The van der Waals surface area contributed by atoms with Crippen molar-refractivity contribution in [3.63, 3.8) is 0 Å². The lowest BCUT2D eigenvalue weighted by molar-refractivity contribution is -0.849. The number of quaternary nitrogens is 1. The molecule has 0 atom stereocenters. The van der Waals surface area contributed by atoms with Crippen LogP contribution in [0.1, 0.15) is 0 Å². The minimum atomic E-state index is -1.94. The van der Waals surface area contributed by atoms with Crippen LogP contribution in [0.5, 0.6) is 0 Å². The third-order valence-electron chi connectivity index (χ3n) is 5.48. The van der Waals surface area contributed by atoms with Crippen molar-refractivity contribution in [1.82, 2.24) is 0 Å². The van der Waals surface area contributed by atoms with E-state index in [-0.39, 0.29) is 0 Å². The van der Waals surface area contributed by atoms with Crippen LogP contribution in [-0.4, -0.2) is 38.8 Å². The molecule has 6 heteroatoms. The van der Waals surface area contributed by atoms with Crippen LogP contribution >= 0.6 is 0 Å². The summed E-state index contributed by atoms with van der Waals surface area (Å²) in [5.74, 6) is -1.57. The number of hydrogen-bond donors (Lipinski definition) is 0. The molecular weight excluding hydrogens is 437 g/mol. The zero-order valence-electron chi connectivity index (χ0n) is 19.8. The Kier molecular flexibility index (Phi) is 7.63. The van der Waals surface area contributed by atoms with Gasteiger partial charge in [-0.1, -0.05) is 48.5 Å². The number of nitrogens with zero attached hydrogens (tertiary/aromatic N) is 1. The molecule has 176 valence electrons. The molecule has 0 amide bonds. The predicted octanol–water partition coefficient (Wildman–Crippen LogP) is 3.94. The highest BCUT2D eigenvalue weighted by Gasteiger charge is 2.31. The smallest absolute Gasteiger partial charge is 0.122 e. The summed E-state index contributed by atoms with van der Waals surface area (Å²) >= 11 is 0. The summed E-state index contributed by atoms with van der Waals surface area (Å²) in [6, 6.07) is 24.1. The summed E-state index contributed by atoms with van der Waals surface area (Å²) in [6.45, 7) is 0. The molecule has 0 aliphatic carbocycles. The summed E-state index contributed by atoms with van der Waals surface area (Å²) in [4.78, 5) is 0. The first-order valence-electron chi connectivity index (χ1n) is 11.0. The van der Waals surface area contributed by atoms with E-state index < -0.39 is 29.4 Å². The van der Waals surface area contributed by atoms with Crippen molar-refractivity contribution in [2.45, 2.75) is 0 Å². The second-order valence-electron chi connectivity index (χ2n) is 9.76. The van der Waals surface area contributed by atoms with Crippen LogP contribution in [0, 0.1) is 23.3 Å². The fraction of sp³-hybridized carbons (Fsp3) is 0.143. The number of hydrogen-bond acceptors (Lipinski definition) is 0. The summed E-state index contributed by atoms with van der Waals surface area (Å²) in [5.41, 5.74) is 2.99. The first-order chi connectivity index (χ1) is 16.0. The molecule has 0 aromatic heterocycles. The third-order valence-corrected chi connectivity index (χ3v) is 5.48. The number of benzene rings is 4. The van der Waals surface area contributed by atoms with Crippen molar-refractivity contribution in [2.75, 3.05) is 28.2 Å². The maximum Gasteiger partial charge on any atom is 0.122 e. The maximum absolute atomic E-state index is 13.7. The molecule has 1 nitrogen and oxygen atoms in total. The van der Waals surface area contributed by atoms with E-state index in [0.717, 1.165) is 26.3 Å². The van der Waals surface area contributed by atoms with Gasteiger partial charge in [0.1, 0.15) is 29.4 Å². The quantitative estimate of drug-likeness (QED) is 0.243. The number of rotatable bonds is 4. The first kappa shape index (κ1) is 25.3. The molecule has 0 saturated heterocycles. The highest BCUT2D eigenvalue weighted by atomic mass is 19.1. The summed E-state index contributed by atoms with van der Waals surface area (Å²) in [5, 5.41) is 0. The molecule has 0 aliphatic rings. The topological polar surface area (TPSA) is 0 Å². The Morgan fingerprint density at radius 1 is 0.382 bits per heavy atom. The molecule has 4 rings (SSSR count). The maximum atomic E-state index is 13.7. The lowest BCUT2D eigenvalue weighted by Gasteiger charge is -2.44. The average molecular weight is 465 g/mol. The van der Waals surface area contributed by atoms with Gasteiger partial charge in [0.15, 0.2) is 0 Å². The van der Waals surface area contributed by atoms with Gasteiger partial charge < -0.3 is 4.48 Å². The molecule has 0 bridgehead atoms. The van der Waals surface area contributed by atoms with Gasteiger partial charge in [-0.15, -0.1) is 0 Å². The van der Waals surface area contributed by atoms with Crippen LogP contribution in [0.3, 0.4) is 0 Å². The Hall–Kier alpha value is -3.38. The Bertz CT molecular complexity index is 1000. The normalized spacial score (nSPS) is 11.5. The minimum absolute atomic E-state index is 0.393. The zero-order chi connectivity index (χ0) is 24.9. The van der Waals surface area contributed by atoms with Crippen molar-refractivity contribution >= 4 is 28.0 Å². The van der Waals surface area contributed by atoms with Crippen LogP contribution in [-0.2, 0) is 0 Å². The van der Waals surface area contributed by atoms with Gasteiger partial charge in [-0.3, -0.25) is 0 Å². The predicted molar refractivity (Wildman–Crippen MR) is 134 cm³/mol. The molecule has 0 fully saturated rings. The van der Waals surface area contributed by atoms with Gasteiger partial charge in [-0.25, -0.2) is 17.6 Å². The summed E-state index contributed by atoms with van der Waals surface area (Å²) in [7, 11) is 8.50. The van der Waals surface area contributed by atoms with E-state index in [1.165, 1.54) is 48.5 Å². The monoisotopic (exact) mass is 465 g/mol. The highest BCUT2D eigenvalue weighted by Crippen LogP contribution is 2.12. The van der Waals surface area contributed by atoms with Crippen LogP contribution in [0.25, 0.3) is 0 Å². The molecule has 4 aromatic rings. The van der Waals surface area contributed by atoms with E-state index in [2.05, 4.69) is 28.2 Å². The van der Waals surface area contributed by atoms with E-state index in [0.29, 0.717) is 0 Å². The Balaban J connectivity index is 0.000000588. The standard InChI is InChI=1S/C24H16BF4.C4H12N/c26-21-9-1-17(2-10-21)25(18-3-11-22(27)12-4-18,19-5-13-23(28)14-6-19)20-7-15-24(29)16-8-20;1-5(2,3)4/h1-16H;1-4H3/q-1;+1. The van der Waals surface area contributed by atoms with Gasteiger partial charge >= 0.3 is 0 Å². The lowest BCUT2D eigenvalue weighted by Crippen LogP contribution is -2.74. The molecular formula is C28H28BF4N. The van der Waals surface area contributed by atoms with E-state index in [4.69, 9.17) is 0 Å². The molecule has 0 spiro atoms. The van der Waals surface area contributed by atoms with Crippen LogP contribution in [0.15, 0.2) is 97.1 Å². The van der Waals surface area contributed by atoms with E-state index in [1.54, 1.807) is 48.5 Å². The largest absolute Gasteiger partial charge is 0.333 e. The first-order valence-corrected chi connectivity index (χ1v) is 11.0. The highest BCUT2D eigenvalue weighted by molar-refractivity contribution is 7.19. The van der Waals surface area contributed by atoms with Crippen molar-refractivity contribution in [2.24, 2.45) is 0 Å². The van der Waals surface area contributed by atoms with Gasteiger partial charge in [0.2, 0.25) is 0 Å². The van der Waals surface area contributed by atoms with Crippen molar-refractivity contribution < 1.29 is 22.0 Å². The van der Waals surface area contributed by atoms with Crippen LogP contribution in [0.4, 0.5) is 17.6 Å². The summed E-state index contributed by atoms with van der Waals surface area (Å²) in [6.07, 6.45) is -1.94. The van der Waals surface area contributed by atoms with Crippen LogP contribution in [0.2, 0.25) is 0 Å².